The molecule has 0 bridgehead atoms. The lowest BCUT2D eigenvalue weighted by atomic mass is 9.72. The van der Waals surface area contributed by atoms with Crippen molar-refractivity contribution in [2.45, 2.75) is 56.5 Å². The quantitative estimate of drug-likeness (QED) is 0.669. The second-order valence-corrected chi connectivity index (χ2v) is 9.51. The Morgan fingerprint density at radius 3 is 2.03 bits per heavy atom. The molecule has 0 aromatic heterocycles. The predicted octanol–water partition coefficient (Wildman–Crippen LogP) is 4.55. The van der Waals surface area contributed by atoms with Crippen LogP contribution in [0.5, 0.6) is 0 Å². The topological polar surface area (TPSA) is 64.0 Å². The van der Waals surface area contributed by atoms with Gasteiger partial charge in [0, 0.05) is 38.6 Å². The second kappa shape index (κ2) is 10.5. The zero-order chi connectivity index (χ0) is 22.4. The van der Waals surface area contributed by atoms with Crippen molar-refractivity contribution in [3.63, 3.8) is 0 Å². The second-order valence-electron chi connectivity index (χ2n) is 9.51. The number of amides is 1. The first-order valence-electron chi connectivity index (χ1n) is 12.1. The molecule has 2 N–H and O–H groups in total. The molecule has 1 heterocycles. The molecule has 172 valence electrons. The van der Waals surface area contributed by atoms with Crippen LogP contribution in [0.1, 0.15) is 54.7 Å². The molecule has 1 saturated heterocycles. The van der Waals surface area contributed by atoms with Gasteiger partial charge in [-0.3, -0.25) is 4.90 Å². The van der Waals surface area contributed by atoms with Gasteiger partial charge in [-0.15, -0.1) is 0 Å². The smallest absolute Gasteiger partial charge is 0.407 e. The largest absolute Gasteiger partial charge is 0.465 e. The molecule has 1 aliphatic carbocycles. The summed E-state index contributed by atoms with van der Waals surface area (Å²) in [6.45, 7) is 3.33. The first-order chi connectivity index (χ1) is 15.5. The minimum absolute atomic E-state index is 0.0577. The Kier molecular flexibility index (Phi) is 7.48. The molecule has 1 saturated carbocycles. The van der Waals surface area contributed by atoms with Crippen molar-refractivity contribution in [1.82, 2.24) is 9.80 Å². The van der Waals surface area contributed by atoms with Crippen LogP contribution in [0, 0.1) is 0 Å². The molecule has 0 spiro atoms. The first-order valence-corrected chi connectivity index (χ1v) is 12.1. The first kappa shape index (κ1) is 22.8. The maximum absolute atomic E-state index is 11.6. The highest BCUT2D eigenvalue weighted by Gasteiger charge is 2.40. The van der Waals surface area contributed by atoms with Crippen LogP contribution in [0.4, 0.5) is 4.79 Å². The Balaban J connectivity index is 1.45. The molecule has 0 radical (unpaired) electrons. The number of nitrogens with zero attached hydrogens (tertiary/aromatic N) is 2. The third-order valence-corrected chi connectivity index (χ3v) is 7.38. The highest BCUT2D eigenvalue weighted by molar-refractivity contribution is 5.65. The van der Waals surface area contributed by atoms with Crippen LogP contribution in [-0.2, 0) is 12.8 Å². The van der Waals surface area contributed by atoms with E-state index in [2.05, 4.69) is 59.5 Å². The van der Waals surface area contributed by atoms with Crippen LogP contribution >= 0.6 is 0 Å². The van der Waals surface area contributed by atoms with Crippen LogP contribution in [0.3, 0.4) is 0 Å². The maximum atomic E-state index is 11.6. The van der Waals surface area contributed by atoms with E-state index in [1.165, 1.54) is 28.0 Å². The average Bonchev–Trinajstić information content (AvgIpc) is 2.83. The molecule has 2 fully saturated rings. The Bertz CT molecular complexity index is 854. The van der Waals surface area contributed by atoms with Crippen molar-refractivity contribution in [1.29, 1.82) is 0 Å². The van der Waals surface area contributed by atoms with Crippen molar-refractivity contribution in [3.05, 3.63) is 71.3 Å². The molecule has 1 unspecified atom stereocenters. The van der Waals surface area contributed by atoms with E-state index >= 15 is 0 Å². The molecule has 2 aromatic carbocycles. The summed E-state index contributed by atoms with van der Waals surface area (Å²) in [6, 6.07) is 19.4. The van der Waals surface area contributed by atoms with Gasteiger partial charge < -0.3 is 15.1 Å². The number of benzene rings is 2. The molecular formula is C27H36N2O3. The fourth-order valence-corrected chi connectivity index (χ4v) is 5.33. The molecule has 4 rings (SSSR count). The van der Waals surface area contributed by atoms with Gasteiger partial charge in [-0.05, 0) is 42.4 Å². The van der Waals surface area contributed by atoms with Crippen molar-refractivity contribution >= 4 is 6.09 Å². The van der Waals surface area contributed by atoms with Gasteiger partial charge in [-0.1, -0.05) is 73.9 Å². The predicted molar refractivity (Wildman–Crippen MR) is 127 cm³/mol. The summed E-state index contributed by atoms with van der Waals surface area (Å²) >= 11 is 0. The van der Waals surface area contributed by atoms with E-state index in [-0.39, 0.29) is 5.92 Å². The van der Waals surface area contributed by atoms with Crippen LogP contribution in [-0.4, -0.2) is 64.4 Å². The lowest BCUT2D eigenvalue weighted by molar-refractivity contribution is -0.0338. The van der Waals surface area contributed by atoms with Crippen molar-refractivity contribution in [3.8, 4) is 0 Å². The molecule has 5 nitrogen and oxygen atoms in total. The van der Waals surface area contributed by atoms with Gasteiger partial charge in [0.2, 0.25) is 0 Å². The number of hydrogen-bond acceptors (Lipinski definition) is 3. The third kappa shape index (κ3) is 5.70. The van der Waals surface area contributed by atoms with E-state index in [1.54, 1.807) is 0 Å². The lowest BCUT2D eigenvalue weighted by Gasteiger charge is -2.43. The van der Waals surface area contributed by atoms with Gasteiger partial charge in [0.1, 0.15) is 0 Å². The summed E-state index contributed by atoms with van der Waals surface area (Å²) in [5.74, 6) is 0.0577. The summed E-state index contributed by atoms with van der Waals surface area (Å²) < 4.78 is 0. The standard InChI is InChI=1S/C27H36N2O3/c30-26(31)29-19-17-28(18-20-29)21-25(27(32)15-5-2-6-16-27)24-13-11-23(12-14-24)10-9-22-7-3-1-4-8-22/h1,3-4,7-8,11-14,25,32H,2,5-6,9-10,15-21H2,(H,30,31). The summed E-state index contributed by atoms with van der Waals surface area (Å²) in [7, 11) is 0. The van der Waals surface area contributed by atoms with Crippen molar-refractivity contribution < 1.29 is 15.0 Å². The van der Waals surface area contributed by atoms with E-state index in [1.807, 2.05) is 0 Å². The molecule has 1 amide bonds. The van der Waals surface area contributed by atoms with Crippen LogP contribution < -0.4 is 0 Å². The van der Waals surface area contributed by atoms with Gasteiger partial charge >= 0.3 is 6.09 Å². The van der Waals surface area contributed by atoms with Gasteiger partial charge in [-0.25, -0.2) is 4.79 Å². The van der Waals surface area contributed by atoms with Gasteiger partial charge in [-0.2, -0.15) is 0 Å². The third-order valence-electron chi connectivity index (χ3n) is 7.38. The van der Waals surface area contributed by atoms with Gasteiger partial charge in [0.05, 0.1) is 5.60 Å². The van der Waals surface area contributed by atoms with Gasteiger partial charge in [0.25, 0.3) is 0 Å². The molecule has 32 heavy (non-hydrogen) atoms. The fourth-order valence-electron chi connectivity index (χ4n) is 5.33. The molecular weight excluding hydrogens is 400 g/mol. The zero-order valence-corrected chi connectivity index (χ0v) is 19.0. The normalized spacial score (nSPS) is 20.1. The minimum Gasteiger partial charge on any atom is -0.465 e. The summed E-state index contributed by atoms with van der Waals surface area (Å²) in [4.78, 5) is 15.1. The Hall–Kier alpha value is -2.37. The van der Waals surface area contributed by atoms with E-state index in [0.29, 0.717) is 13.1 Å². The minimum atomic E-state index is -0.835. The zero-order valence-electron chi connectivity index (χ0n) is 19.0. The van der Waals surface area contributed by atoms with Crippen LogP contribution in [0.25, 0.3) is 0 Å². The monoisotopic (exact) mass is 436 g/mol. The summed E-state index contributed by atoms with van der Waals surface area (Å²) in [5.41, 5.74) is 3.21. The van der Waals surface area contributed by atoms with E-state index in [9.17, 15) is 15.0 Å². The van der Waals surface area contributed by atoms with Crippen LogP contribution in [0.2, 0.25) is 0 Å². The number of carboxylic acid groups (broad SMARTS) is 1. The lowest BCUT2D eigenvalue weighted by Crippen LogP contribution is -2.51. The Morgan fingerprint density at radius 1 is 0.844 bits per heavy atom. The summed E-state index contributed by atoms with van der Waals surface area (Å²) in [5, 5.41) is 20.9. The Labute approximate surface area is 191 Å². The van der Waals surface area contributed by atoms with Crippen molar-refractivity contribution in [2.75, 3.05) is 32.7 Å². The highest BCUT2D eigenvalue weighted by Crippen LogP contribution is 2.40. The molecule has 2 aromatic rings. The number of carbonyl (C=O) groups is 1. The number of piperazine rings is 1. The SMILES string of the molecule is O=C(O)N1CCN(CC(c2ccc(CCc3ccccc3)cc2)C2(O)CCCCC2)CC1. The summed E-state index contributed by atoms with van der Waals surface area (Å²) in [6.07, 6.45) is 6.26. The van der Waals surface area contributed by atoms with E-state index in [0.717, 1.165) is 58.2 Å². The molecule has 1 aliphatic heterocycles. The van der Waals surface area contributed by atoms with Gasteiger partial charge in [0.15, 0.2) is 0 Å². The van der Waals surface area contributed by atoms with Crippen LogP contribution in [0.15, 0.2) is 54.6 Å². The Morgan fingerprint density at radius 2 is 1.44 bits per heavy atom. The highest BCUT2D eigenvalue weighted by atomic mass is 16.4. The molecule has 2 aliphatic rings. The number of aliphatic hydroxyl groups is 1. The van der Waals surface area contributed by atoms with E-state index in [4.69, 9.17) is 0 Å². The maximum Gasteiger partial charge on any atom is 0.407 e. The average molecular weight is 437 g/mol. The number of aryl methyl sites for hydroxylation is 2. The molecule has 5 heteroatoms. The number of rotatable bonds is 7. The van der Waals surface area contributed by atoms with E-state index < -0.39 is 11.7 Å². The van der Waals surface area contributed by atoms with Crippen molar-refractivity contribution in [2.24, 2.45) is 0 Å². The molecule has 1 atom stereocenters. The fraction of sp³-hybridized carbons (Fsp3) is 0.519. The number of hydrogen-bond donors (Lipinski definition) is 2.